The predicted molar refractivity (Wildman–Crippen MR) is 77.9 cm³/mol. The van der Waals surface area contributed by atoms with E-state index in [-0.39, 0.29) is 0 Å². The van der Waals surface area contributed by atoms with Crippen LogP contribution in [-0.4, -0.2) is 37.1 Å². The van der Waals surface area contributed by atoms with E-state index in [0.717, 1.165) is 0 Å². The SMILES string of the molecule is CCC(Cc1ccccc1)N(C)CC1CCCN1. The van der Waals surface area contributed by atoms with Crippen molar-refractivity contribution < 1.29 is 0 Å². The Labute approximate surface area is 111 Å². The van der Waals surface area contributed by atoms with Crippen molar-refractivity contribution in [1.29, 1.82) is 0 Å². The maximum Gasteiger partial charge on any atom is 0.0195 e. The van der Waals surface area contributed by atoms with Gasteiger partial charge in [0.15, 0.2) is 0 Å². The van der Waals surface area contributed by atoms with Crippen LogP contribution in [-0.2, 0) is 6.42 Å². The normalized spacial score (nSPS) is 21.4. The van der Waals surface area contributed by atoms with E-state index in [4.69, 9.17) is 0 Å². The number of nitrogens with one attached hydrogen (secondary N) is 1. The van der Waals surface area contributed by atoms with E-state index >= 15 is 0 Å². The minimum atomic E-state index is 0.662. The van der Waals surface area contributed by atoms with Crippen LogP contribution in [0.4, 0.5) is 0 Å². The summed E-state index contributed by atoms with van der Waals surface area (Å²) in [5, 5.41) is 3.59. The Morgan fingerprint density at radius 2 is 2.11 bits per heavy atom. The van der Waals surface area contributed by atoms with Crippen LogP contribution in [0, 0.1) is 0 Å². The van der Waals surface area contributed by atoms with Crippen LogP contribution in [0.5, 0.6) is 0 Å². The molecule has 0 spiro atoms. The van der Waals surface area contributed by atoms with E-state index in [1.165, 1.54) is 44.3 Å². The van der Waals surface area contributed by atoms with Crippen LogP contribution in [0.3, 0.4) is 0 Å². The van der Waals surface area contributed by atoms with Crippen LogP contribution in [0.1, 0.15) is 31.7 Å². The van der Waals surface area contributed by atoms with Gasteiger partial charge in [-0.3, -0.25) is 0 Å². The third-order valence-electron chi connectivity index (χ3n) is 4.08. The zero-order valence-electron chi connectivity index (χ0n) is 11.7. The van der Waals surface area contributed by atoms with Crippen molar-refractivity contribution in [2.75, 3.05) is 20.1 Å². The highest BCUT2D eigenvalue weighted by molar-refractivity contribution is 5.15. The molecule has 2 atom stereocenters. The van der Waals surface area contributed by atoms with Crippen LogP contribution in [0.2, 0.25) is 0 Å². The first-order valence-corrected chi connectivity index (χ1v) is 7.27. The van der Waals surface area contributed by atoms with E-state index in [2.05, 4.69) is 54.5 Å². The summed E-state index contributed by atoms with van der Waals surface area (Å²) in [5.74, 6) is 0. The van der Waals surface area contributed by atoms with Gasteiger partial charge in [0.1, 0.15) is 0 Å². The van der Waals surface area contributed by atoms with Crippen molar-refractivity contribution >= 4 is 0 Å². The minimum absolute atomic E-state index is 0.662. The number of rotatable bonds is 6. The molecule has 2 unspecified atom stereocenters. The van der Waals surface area contributed by atoms with E-state index in [1.54, 1.807) is 0 Å². The van der Waals surface area contributed by atoms with Gasteiger partial charge in [-0.25, -0.2) is 0 Å². The lowest BCUT2D eigenvalue weighted by Gasteiger charge is -2.29. The summed E-state index contributed by atoms with van der Waals surface area (Å²) >= 11 is 0. The first-order valence-electron chi connectivity index (χ1n) is 7.27. The molecule has 0 aliphatic carbocycles. The molecule has 0 aromatic heterocycles. The topological polar surface area (TPSA) is 15.3 Å². The highest BCUT2D eigenvalue weighted by Crippen LogP contribution is 2.13. The number of likely N-dealkylation sites (N-methyl/N-ethyl adjacent to an activating group) is 1. The largest absolute Gasteiger partial charge is 0.313 e. The van der Waals surface area contributed by atoms with E-state index in [9.17, 15) is 0 Å². The molecule has 0 amide bonds. The molecule has 1 aliphatic rings. The van der Waals surface area contributed by atoms with Gasteiger partial charge in [-0.1, -0.05) is 37.3 Å². The van der Waals surface area contributed by atoms with Gasteiger partial charge in [-0.15, -0.1) is 0 Å². The van der Waals surface area contributed by atoms with Gasteiger partial charge in [0.25, 0.3) is 0 Å². The molecule has 1 aliphatic heterocycles. The Kier molecular flexibility index (Phi) is 5.21. The molecule has 2 heteroatoms. The molecule has 1 saturated heterocycles. The lowest BCUT2D eigenvalue weighted by atomic mass is 10.0. The van der Waals surface area contributed by atoms with Crippen molar-refractivity contribution in [3.05, 3.63) is 35.9 Å². The zero-order chi connectivity index (χ0) is 12.8. The summed E-state index contributed by atoms with van der Waals surface area (Å²) in [4.78, 5) is 2.54. The Morgan fingerprint density at radius 3 is 2.72 bits per heavy atom. The van der Waals surface area contributed by atoms with E-state index < -0.39 is 0 Å². The van der Waals surface area contributed by atoms with Crippen LogP contribution in [0.15, 0.2) is 30.3 Å². The Balaban J connectivity index is 1.87. The summed E-state index contributed by atoms with van der Waals surface area (Å²) < 4.78 is 0. The van der Waals surface area contributed by atoms with Gasteiger partial charge < -0.3 is 10.2 Å². The molecule has 1 fully saturated rings. The van der Waals surface area contributed by atoms with Gasteiger partial charge in [0.05, 0.1) is 0 Å². The monoisotopic (exact) mass is 246 g/mol. The lowest BCUT2D eigenvalue weighted by molar-refractivity contribution is 0.215. The minimum Gasteiger partial charge on any atom is -0.313 e. The first-order chi connectivity index (χ1) is 8.79. The van der Waals surface area contributed by atoms with Gasteiger partial charge in [0, 0.05) is 18.6 Å². The Morgan fingerprint density at radius 1 is 1.33 bits per heavy atom. The molecule has 1 N–H and O–H groups in total. The molecule has 100 valence electrons. The molecular formula is C16H26N2. The first kappa shape index (κ1) is 13.6. The molecular weight excluding hydrogens is 220 g/mol. The van der Waals surface area contributed by atoms with E-state index in [1.807, 2.05) is 0 Å². The molecule has 2 nitrogen and oxygen atoms in total. The predicted octanol–water partition coefficient (Wildman–Crippen LogP) is 2.69. The van der Waals surface area contributed by atoms with Crippen molar-refractivity contribution in [3.8, 4) is 0 Å². The molecule has 18 heavy (non-hydrogen) atoms. The summed E-state index contributed by atoms with van der Waals surface area (Å²) in [6, 6.07) is 12.2. The third-order valence-corrected chi connectivity index (χ3v) is 4.08. The Bertz CT molecular complexity index is 330. The molecule has 1 aromatic rings. The summed E-state index contributed by atoms with van der Waals surface area (Å²) in [6.07, 6.45) is 5.07. The standard InChI is InChI=1S/C16H26N2/c1-3-16(12-14-8-5-4-6-9-14)18(2)13-15-10-7-11-17-15/h4-6,8-9,15-17H,3,7,10-13H2,1-2H3. The zero-order valence-corrected chi connectivity index (χ0v) is 11.7. The maximum atomic E-state index is 3.59. The highest BCUT2D eigenvalue weighted by atomic mass is 15.2. The second-order valence-electron chi connectivity index (χ2n) is 5.48. The summed E-state index contributed by atoms with van der Waals surface area (Å²) in [7, 11) is 2.27. The average molecular weight is 246 g/mol. The van der Waals surface area contributed by atoms with Crippen molar-refractivity contribution in [2.45, 2.75) is 44.7 Å². The number of nitrogens with zero attached hydrogens (tertiary/aromatic N) is 1. The van der Waals surface area contributed by atoms with Gasteiger partial charge >= 0.3 is 0 Å². The van der Waals surface area contributed by atoms with Crippen LogP contribution < -0.4 is 5.32 Å². The van der Waals surface area contributed by atoms with Gasteiger partial charge in [-0.05, 0) is 44.8 Å². The molecule has 2 rings (SSSR count). The Hall–Kier alpha value is -0.860. The van der Waals surface area contributed by atoms with E-state index in [0.29, 0.717) is 12.1 Å². The molecule has 0 saturated carbocycles. The lowest BCUT2D eigenvalue weighted by Crippen LogP contribution is -2.41. The average Bonchev–Trinajstić information content (AvgIpc) is 2.90. The van der Waals surface area contributed by atoms with Crippen LogP contribution in [0.25, 0.3) is 0 Å². The van der Waals surface area contributed by atoms with Crippen molar-refractivity contribution in [3.63, 3.8) is 0 Å². The second kappa shape index (κ2) is 6.91. The van der Waals surface area contributed by atoms with Gasteiger partial charge in [0.2, 0.25) is 0 Å². The fourth-order valence-electron chi connectivity index (χ4n) is 2.91. The fourth-order valence-corrected chi connectivity index (χ4v) is 2.91. The summed E-state index contributed by atoms with van der Waals surface area (Å²) in [5.41, 5.74) is 1.45. The molecule has 0 radical (unpaired) electrons. The third kappa shape index (κ3) is 3.82. The van der Waals surface area contributed by atoms with Gasteiger partial charge in [-0.2, -0.15) is 0 Å². The molecule has 1 aromatic carbocycles. The smallest absolute Gasteiger partial charge is 0.0195 e. The number of benzene rings is 1. The maximum absolute atomic E-state index is 3.59. The second-order valence-corrected chi connectivity index (χ2v) is 5.48. The molecule has 0 bridgehead atoms. The number of hydrogen-bond acceptors (Lipinski definition) is 2. The van der Waals surface area contributed by atoms with Crippen molar-refractivity contribution in [1.82, 2.24) is 10.2 Å². The number of hydrogen-bond donors (Lipinski definition) is 1. The molecule has 1 heterocycles. The quantitative estimate of drug-likeness (QED) is 0.830. The van der Waals surface area contributed by atoms with Crippen LogP contribution >= 0.6 is 0 Å². The van der Waals surface area contributed by atoms with Crippen molar-refractivity contribution in [2.24, 2.45) is 0 Å². The fraction of sp³-hybridized carbons (Fsp3) is 0.625. The highest BCUT2D eigenvalue weighted by Gasteiger charge is 2.20. The summed E-state index contributed by atoms with van der Waals surface area (Å²) in [6.45, 7) is 4.69.